The zero-order chi connectivity index (χ0) is 14.5. The summed E-state index contributed by atoms with van der Waals surface area (Å²) in [6.07, 6.45) is 4.05. The second-order valence-corrected chi connectivity index (χ2v) is 6.11. The van der Waals surface area contributed by atoms with Crippen molar-refractivity contribution < 1.29 is 4.74 Å². The Kier molecular flexibility index (Phi) is 5.55. The third kappa shape index (κ3) is 5.88. The quantitative estimate of drug-likeness (QED) is 0.881. The van der Waals surface area contributed by atoms with E-state index < -0.39 is 0 Å². The Balaban J connectivity index is 2.82. The number of pyridine rings is 1. The Hall–Kier alpha value is -1.35. The molecule has 0 fully saturated rings. The van der Waals surface area contributed by atoms with Gasteiger partial charge in [0.1, 0.15) is 0 Å². The molecule has 0 spiro atoms. The van der Waals surface area contributed by atoms with Gasteiger partial charge in [-0.25, -0.2) is 4.98 Å². The second kappa shape index (κ2) is 6.71. The van der Waals surface area contributed by atoms with Crippen molar-refractivity contribution in [2.24, 2.45) is 5.92 Å². The molecular weight excluding hydrogens is 236 g/mol. The molecule has 1 heterocycles. The molecule has 1 aromatic heterocycles. The number of aromatic nitrogens is 1. The molecule has 1 rings (SSSR count). The van der Waals surface area contributed by atoms with Gasteiger partial charge >= 0.3 is 0 Å². The average molecular weight is 262 g/mol. The molecule has 1 N–H and O–H groups in total. The topological polar surface area (TPSA) is 34.1 Å². The van der Waals surface area contributed by atoms with Crippen LogP contribution >= 0.6 is 0 Å². The minimum absolute atomic E-state index is 0.131. The number of nitrogens with zero attached hydrogens (tertiary/aromatic N) is 1. The first-order valence-electron chi connectivity index (χ1n) is 6.77. The summed E-state index contributed by atoms with van der Waals surface area (Å²) in [5.74, 6) is 1.16. The van der Waals surface area contributed by atoms with Gasteiger partial charge < -0.3 is 10.1 Å². The minimum Gasteiger partial charge on any atom is -0.481 e. The molecule has 0 aliphatic heterocycles. The lowest BCUT2D eigenvalue weighted by atomic mass is 9.99. The van der Waals surface area contributed by atoms with Crippen molar-refractivity contribution in [1.82, 2.24) is 10.3 Å². The van der Waals surface area contributed by atoms with E-state index in [0.29, 0.717) is 11.8 Å². The smallest absolute Gasteiger partial charge is 0.212 e. The van der Waals surface area contributed by atoms with Crippen molar-refractivity contribution in [2.75, 3.05) is 13.7 Å². The molecule has 1 aromatic rings. The van der Waals surface area contributed by atoms with Crippen molar-refractivity contribution in [3.63, 3.8) is 0 Å². The van der Waals surface area contributed by atoms with Crippen LogP contribution in [0.2, 0.25) is 0 Å². The van der Waals surface area contributed by atoms with Crippen LogP contribution in [0.3, 0.4) is 0 Å². The lowest BCUT2D eigenvalue weighted by molar-refractivity contribution is 0.398. The fourth-order valence-electron chi connectivity index (χ4n) is 1.60. The first kappa shape index (κ1) is 15.7. The minimum atomic E-state index is 0.131. The Bertz CT molecular complexity index is 413. The first-order chi connectivity index (χ1) is 8.81. The molecule has 0 saturated heterocycles. The average Bonchev–Trinajstić information content (AvgIpc) is 2.33. The summed E-state index contributed by atoms with van der Waals surface area (Å²) in [6.45, 7) is 11.9. The van der Waals surface area contributed by atoms with Gasteiger partial charge in [-0.1, -0.05) is 25.5 Å². The van der Waals surface area contributed by atoms with E-state index in [-0.39, 0.29) is 5.54 Å². The summed E-state index contributed by atoms with van der Waals surface area (Å²) >= 11 is 0. The van der Waals surface area contributed by atoms with Crippen LogP contribution < -0.4 is 10.1 Å². The summed E-state index contributed by atoms with van der Waals surface area (Å²) in [5, 5.41) is 3.53. The zero-order valence-electron chi connectivity index (χ0n) is 12.9. The van der Waals surface area contributed by atoms with Gasteiger partial charge in [0.05, 0.1) is 7.11 Å². The van der Waals surface area contributed by atoms with E-state index in [0.717, 1.165) is 12.1 Å². The van der Waals surface area contributed by atoms with E-state index in [1.807, 2.05) is 18.3 Å². The lowest BCUT2D eigenvalue weighted by Crippen LogP contribution is -2.37. The zero-order valence-corrected chi connectivity index (χ0v) is 12.9. The van der Waals surface area contributed by atoms with Crippen molar-refractivity contribution in [3.05, 3.63) is 29.5 Å². The van der Waals surface area contributed by atoms with Gasteiger partial charge in [-0.2, -0.15) is 0 Å². The Morgan fingerprint density at radius 1 is 1.37 bits per heavy atom. The van der Waals surface area contributed by atoms with Crippen LogP contribution in [0.1, 0.15) is 40.2 Å². The van der Waals surface area contributed by atoms with E-state index in [1.165, 1.54) is 5.57 Å². The monoisotopic (exact) mass is 262 g/mol. The third-order valence-corrected chi connectivity index (χ3v) is 2.88. The standard InChI is InChI=1S/C16H26N2O/c1-12(2)14(11-18-16(3,4)5)9-13-7-8-15(19-6)17-10-13/h7-10,12,18H,11H2,1-6H3/b14-9-. The van der Waals surface area contributed by atoms with Gasteiger partial charge in [-0.3, -0.25) is 0 Å². The number of rotatable bonds is 5. The molecule has 3 heteroatoms. The third-order valence-electron chi connectivity index (χ3n) is 2.88. The predicted molar refractivity (Wildman–Crippen MR) is 81.4 cm³/mol. The normalized spacial score (nSPS) is 12.9. The number of hydrogen-bond acceptors (Lipinski definition) is 3. The molecule has 0 aliphatic rings. The molecule has 0 aliphatic carbocycles. The maximum atomic E-state index is 5.07. The number of nitrogens with one attached hydrogen (secondary N) is 1. The van der Waals surface area contributed by atoms with Crippen LogP contribution in [0, 0.1) is 5.92 Å². The SMILES string of the molecule is COc1ccc(/C=C(/CNC(C)(C)C)C(C)C)cn1. The van der Waals surface area contributed by atoms with E-state index in [1.54, 1.807) is 7.11 Å². The summed E-state index contributed by atoms with van der Waals surface area (Å²) < 4.78 is 5.07. The number of methoxy groups -OCH3 is 1. The molecule has 0 amide bonds. The fourth-order valence-corrected chi connectivity index (χ4v) is 1.60. The summed E-state index contributed by atoms with van der Waals surface area (Å²) in [5.41, 5.74) is 2.62. The summed E-state index contributed by atoms with van der Waals surface area (Å²) in [6, 6.07) is 3.92. The Labute approximate surface area is 117 Å². The van der Waals surface area contributed by atoms with Crippen LogP contribution in [0.5, 0.6) is 5.88 Å². The van der Waals surface area contributed by atoms with Gasteiger partial charge in [0, 0.05) is 24.3 Å². The number of hydrogen-bond donors (Lipinski definition) is 1. The van der Waals surface area contributed by atoms with Crippen LogP contribution in [0.15, 0.2) is 23.9 Å². The van der Waals surface area contributed by atoms with Gasteiger partial charge in [-0.15, -0.1) is 0 Å². The first-order valence-corrected chi connectivity index (χ1v) is 6.77. The van der Waals surface area contributed by atoms with Crippen LogP contribution in [0.25, 0.3) is 6.08 Å². The van der Waals surface area contributed by atoms with Crippen LogP contribution in [0.4, 0.5) is 0 Å². The largest absolute Gasteiger partial charge is 0.481 e. The molecule has 0 bridgehead atoms. The van der Waals surface area contributed by atoms with Gasteiger partial charge in [0.15, 0.2) is 0 Å². The molecule has 0 aromatic carbocycles. The maximum absolute atomic E-state index is 5.07. The molecule has 0 atom stereocenters. The van der Waals surface area contributed by atoms with Gasteiger partial charge in [-0.05, 0) is 38.3 Å². The lowest BCUT2D eigenvalue weighted by Gasteiger charge is -2.23. The predicted octanol–water partition coefficient (Wildman–Crippen LogP) is 3.52. The molecule has 0 radical (unpaired) electrons. The highest BCUT2D eigenvalue weighted by molar-refractivity contribution is 5.53. The molecule has 106 valence electrons. The van der Waals surface area contributed by atoms with Gasteiger partial charge in [0.25, 0.3) is 0 Å². The Morgan fingerprint density at radius 2 is 2.05 bits per heavy atom. The highest BCUT2D eigenvalue weighted by Crippen LogP contribution is 2.16. The van der Waals surface area contributed by atoms with Crippen molar-refractivity contribution in [1.29, 1.82) is 0 Å². The van der Waals surface area contributed by atoms with Crippen LogP contribution in [-0.2, 0) is 0 Å². The maximum Gasteiger partial charge on any atom is 0.212 e. The summed E-state index contributed by atoms with van der Waals surface area (Å²) in [4.78, 5) is 4.23. The molecule has 3 nitrogen and oxygen atoms in total. The molecule has 0 unspecified atom stereocenters. The van der Waals surface area contributed by atoms with E-state index in [2.05, 4.69) is 51.0 Å². The highest BCUT2D eigenvalue weighted by Gasteiger charge is 2.11. The van der Waals surface area contributed by atoms with Crippen molar-refractivity contribution in [2.45, 2.75) is 40.2 Å². The molecular formula is C16H26N2O. The molecule has 19 heavy (non-hydrogen) atoms. The van der Waals surface area contributed by atoms with Gasteiger partial charge in [0.2, 0.25) is 5.88 Å². The fraction of sp³-hybridized carbons (Fsp3) is 0.562. The second-order valence-electron chi connectivity index (χ2n) is 6.11. The van der Waals surface area contributed by atoms with E-state index >= 15 is 0 Å². The molecule has 0 saturated carbocycles. The van der Waals surface area contributed by atoms with E-state index in [4.69, 9.17) is 4.74 Å². The highest BCUT2D eigenvalue weighted by atomic mass is 16.5. The Morgan fingerprint density at radius 3 is 2.47 bits per heavy atom. The van der Waals surface area contributed by atoms with Crippen LogP contribution in [-0.4, -0.2) is 24.2 Å². The van der Waals surface area contributed by atoms with Crippen molar-refractivity contribution >= 4 is 6.08 Å². The van der Waals surface area contributed by atoms with Crippen molar-refractivity contribution in [3.8, 4) is 5.88 Å². The van der Waals surface area contributed by atoms with E-state index in [9.17, 15) is 0 Å². The summed E-state index contributed by atoms with van der Waals surface area (Å²) in [7, 11) is 1.63. The number of ether oxygens (including phenoxy) is 1.